The van der Waals surface area contributed by atoms with Gasteiger partial charge in [0, 0.05) is 13.1 Å². The third-order valence-corrected chi connectivity index (χ3v) is 5.80. The highest BCUT2D eigenvalue weighted by molar-refractivity contribution is 7.89. The molecule has 118 valence electrons. The molecule has 21 heavy (non-hydrogen) atoms. The summed E-state index contributed by atoms with van der Waals surface area (Å²) >= 11 is 5.74. The molecular formula is C14H20ClFN2O2S. The molecule has 0 aliphatic heterocycles. The van der Waals surface area contributed by atoms with Crippen molar-refractivity contribution in [1.82, 2.24) is 4.72 Å². The lowest BCUT2D eigenvalue weighted by atomic mass is 10.1. The molecule has 2 unspecified atom stereocenters. The SMILES string of the molecule is CC1CCC(CNS(=O)(=O)c2cc(F)c(Cl)c(CN)c2)C1. The Balaban J connectivity index is 2.14. The number of hydrogen-bond donors (Lipinski definition) is 2. The number of hydrogen-bond acceptors (Lipinski definition) is 3. The highest BCUT2D eigenvalue weighted by Crippen LogP contribution is 2.30. The van der Waals surface area contributed by atoms with E-state index < -0.39 is 15.8 Å². The van der Waals surface area contributed by atoms with Crippen molar-refractivity contribution in [1.29, 1.82) is 0 Å². The molecule has 0 heterocycles. The van der Waals surface area contributed by atoms with Crippen LogP contribution in [0.1, 0.15) is 31.7 Å². The second kappa shape index (κ2) is 6.60. The van der Waals surface area contributed by atoms with E-state index in [1.807, 2.05) is 0 Å². The fraction of sp³-hybridized carbons (Fsp3) is 0.571. The van der Waals surface area contributed by atoms with E-state index in [1.165, 1.54) is 6.07 Å². The highest BCUT2D eigenvalue weighted by atomic mass is 35.5. The van der Waals surface area contributed by atoms with Crippen LogP contribution in [0.3, 0.4) is 0 Å². The molecule has 1 saturated carbocycles. The highest BCUT2D eigenvalue weighted by Gasteiger charge is 2.24. The van der Waals surface area contributed by atoms with Crippen molar-refractivity contribution >= 4 is 21.6 Å². The molecule has 0 spiro atoms. The lowest BCUT2D eigenvalue weighted by molar-refractivity contribution is 0.498. The van der Waals surface area contributed by atoms with Crippen molar-refractivity contribution in [3.8, 4) is 0 Å². The van der Waals surface area contributed by atoms with Crippen molar-refractivity contribution < 1.29 is 12.8 Å². The minimum atomic E-state index is -3.74. The van der Waals surface area contributed by atoms with Gasteiger partial charge in [-0.1, -0.05) is 24.9 Å². The predicted octanol–water partition coefficient (Wildman–Crippen LogP) is 2.65. The van der Waals surface area contributed by atoms with E-state index in [2.05, 4.69) is 11.6 Å². The second-order valence-electron chi connectivity index (χ2n) is 5.72. The maximum absolute atomic E-state index is 13.7. The molecule has 3 N–H and O–H groups in total. The monoisotopic (exact) mass is 334 g/mol. The summed E-state index contributed by atoms with van der Waals surface area (Å²) in [5.41, 5.74) is 5.74. The van der Waals surface area contributed by atoms with E-state index in [9.17, 15) is 12.8 Å². The Labute approximate surface area is 129 Å². The number of sulfonamides is 1. The Bertz CT molecular complexity index is 622. The summed E-state index contributed by atoms with van der Waals surface area (Å²) in [5, 5.41) is -0.124. The smallest absolute Gasteiger partial charge is 0.240 e. The van der Waals surface area contributed by atoms with Gasteiger partial charge in [0.05, 0.1) is 9.92 Å². The number of rotatable bonds is 5. The van der Waals surface area contributed by atoms with Gasteiger partial charge in [-0.05, 0) is 42.4 Å². The van der Waals surface area contributed by atoms with Gasteiger partial charge in [-0.2, -0.15) is 0 Å². The van der Waals surface area contributed by atoms with Gasteiger partial charge in [-0.25, -0.2) is 17.5 Å². The Morgan fingerprint density at radius 1 is 1.43 bits per heavy atom. The Morgan fingerprint density at radius 2 is 2.14 bits per heavy atom. The zero-order valence-electron chi connectivity index (χ0n) is 11.9. The molecule has 0 aromatic heterocycles. The summed E-state index contributed by atoms with van der Waals surface area (Å²) in [4.78, 5) is -0.129. The molecule has 0 bridgehead atoms. The molecule has 1 fully saturated rings. The van der Waals surface area contributed by atoms with Crippen LogP contribution in [0, 0.1) is 17.7 Å². The normalized spacial score (nSPS) is 22.7. The van der Waals surface area contributed by atoms with Crippen LogP contribution in [0.15, 0.2) is 17.0 Å². The van der Waals surface area contributed by atoms with Gasteiger partial charge in [0.1, 0.15) is 5.82 Å². The molecule has 2 rings (SSSR count). The number of benzene rings is 1. The zero-order valence-corrected chi connectivity index (χ0v) is 13.5. The number of nitrogens with one attached hydrogen (secondary N) is 1. The third kappa shape index (κ3) is 3.94. The van der Waals surface area contributed by atoms with Gasteiger partial charge in [0.2, 0.25) is 10.0 Å². The molecule has 1 aliphatic carbocycles. The number of halogens is 2. The standard InChI is InChI=1S/C14H20ClFN2O2S/c1-9-2-3-10(4-9)8-18-21(19,20)12-5-11(7-17)14(15)13(16)6-12/h5-6,9-10,18H,2-4,7-8,17H2,1H3. The first-order chi connectivity index (χ1) is 9.83. The molecule has 4 nitrogen and oxygen atoms in total. The summed E-state index contributed by atoms with van der Waals surface area (Å²) < 4.78 is 40.7. The summed E-state index contributed by atoms with van der Waals surface area (Å²) in [6, 6.07) is 2.26. The maximum atomic E-state index is 13.7. The number of nitrogens with two attached hydrogens (primary N) is 1. The van der Waals surface area contributed by atoms with Gasteiger partial charge < -0.3 is 5.73 Å². The van der Waals surface area contributed by atoms with E-state index in [-0.39, 0.29) is 22.0 Å². The van der Waals surface area contributed by atoms with Gasteiger partial charge in [-0.3, -0.25) is 0 Å². The van der Waals surface area contributed by atoms with Crippen LogP contribution in [0.4, 0.5) is 4.39 Å². The Morgan fingerprint density at radius 3 is 2.71 bits per heavy atom. The zero-order chi connectivity index (χ0) is 15.6. The van der Waals surface area contributed by atoms with Gasteiger partial charge in [0.15, 0.2) is 0 Å². The van der Waals surface area contributed by atoms with Gasteiger partial charge in [-0.15, -0.1) is 0 Å². The molecule has 1 aromatic rings. The van der Waals surface area contributed by atoms with Crippen molar-refractivity contribution in [2.24, 2.45) is 17.6 Å². The molecule has 1 aliphatic rings. The predicted molar refractivity (Wildman–Crippen MR) is 81.0 cm³/mol. The first kappa shape index (κ1) is 16.7. The molecule has 1 aromatic carbocycles. The molecule has 0 saturated heterocycles. The topological polar surface area (TPSA) is 72.2 Å². The van der Waals surface area contributed by atoms with E-state index in [4.69, 9.17) is 17.3 Å². The Kier molecular flexibility index (Phi) is 5.24. The van der Waals surface area contributed by atoms with Crippen LogP contribution in [0.5, 0.6) is 0 Å². The van der Waals surface area contributed by atoms with Crippen LogP contribution in [0.25, 0.3) is 0 Å². The van der Waals surface area contributed by atoms with Crippen molar-refractivity contribution in [2.45, 2.75) is 37.6 Å². The summed E-state index contributed by atoms with van der Waals surface area (Å²) in [6.07, 6.45) is 3.16. The van der Waals surface area contributed by atoms with Crippen LogP contribution < -0.4 is 10.5 Å². The maximum Gasteiger partial charge on any atom is 0.240 e. The lowest BCUT2D eigenvalue weighted by Gasteiger charge is -2.13. The Hall–Kier alpha value is -0.690. The third-order valence-electron chi connectivity index (χ3n) is 3.97. The van der Waals surface area contributed by atoms with Crippen LogP contribution >= 0.6 is 11.6 Å². The average Bonchev–Trinajstić information content (AvgIpc) is 2.85. The minimum absolute atomic E-state index is 0.0146. The van der Waals surface area contributed by atoms with Crippen LogP contribution in [0.2, 0.25) is 5.02 Å². The molecule has 2 atom stereocenters. The summed E-state index contributed by atoms with van der Waals surface area (Å²) in [5.74, 6) is 0.215. The van der Waals surface area contributed by atoms with Crippen LogP contribution in [-0.4, -0.2) is 15.0 Å². The van der Waals surface area contributed by atoms with Crippen molar-refractivity contribution in [2.75, 3.05) is 6.54 Å². The van der Waals surface area contributed by atoms with E-state index >= 15 is 0 Å². The lowest BCUT2D eigenvalue weighted by Crippen LogP contribution is -2.29. The fourth-order valence-corrected chi connectivity index (χ4v) is 4.11. The second-order valence-corrected chi connectivity index (χ2v) is 7.86. The quantitative estimate of drug-likeness (QED) is 0.869. The first-order valence-corrected chi connectivity index (χ1v) is 8.87. The largest absolute Gasteiger partial charge is 0.326 e. The van der Waals surface area contributed by atoms with Crippen molar-refractivity contribution in [3.63, 3.8) is 0 Å². The molecule has 0 amide bonds. The van der Waals surface area contributed by atoms with Gasteiger partial charge >= 0.3 is 0 Å². The minimum Gasteiger partial charge on any atom is -0.326 e. The van der Waals surface area contributed by atoms with E-state index in [0.29, 0.717) is 18.4 Å². The van der Waals surface area contributed by atoms with Crippen molar-refractivity contribution in [3.05, 3.63) is 28.5 Å². The molecule has 0 radical (unpaired) electrons. The summed E-state index contributed by atoms with van der Waals surface area (Å²) in [6.45, 7) is 2.53. The van der Waals surface area contributed by atoms with E-state index in [1.54, 1.807) is 0 Å². The fourth-order valence-electron chi connectivity index (χ4n) is 2.74. The van der Waals surface area contributed by atoms with Crippen LogP contribution in [-0.2, 0) is 16.6 Å². The first-order valence-electron chi connectivity index (χ1n) is 7.01. The average molecular weight is 335 g/mol. The van der Waals surface area contributed by atoms with E-state index in [0.717, 1.165) is 25.3 Å². The molecule has 7 heteroatoms. The van der Waals surface area contributed by atoms with Gasteiger partial charge in [0.25, 0.3) is 0 Å². The molecular weight excluding hydrogens is 315 g/mol. The summed E-state index contributed by atoms with van der Waals surface area (Å²) in [7, 11) is -3.74.